The summed E-state index contributed by atoms with van der Waals surface area (Å²) in [6.07, 6.45) is -2.96. The lowest BCUT2D eigenvalue weighted by atomic mass is 9.96. The first-order valence-corrected chi connectivity index (χ1v) is 10.2. The van der Waals surface area contributed by atoms with Crippen LogP contribution in [0.1, 0.15) is 31.0 Å². The van der Waals surface area contributed by atoms with Gasteiger partial charge < -0.3 is 10.6 Å². The molecule has 32 heavy (non-hydrogen) atoms. The molecule has 0 radical (unpaired) electrons. The van der Waals surface area contributed by atoms with Gasteiger partial charge in [-0.3, -0.25) is 14.5 Å². The van der Waals surface area contributed by atoms with Crippen molar-refractivity contribution in [2.45, 2.75) is 38.4 Å². The average Bonchev–Trinajstić information content (AvgIpc) is 3.45. The van der Waals surface area contributed by atoms with Crippen molar-refractivity contribution in [2.24, 2.45) is 5.92 Å². The fraction of sp³-hybridized carbons (Fsp3) is 0.400. The van der Waals surface area contributed by atoms with Crippen LogP contribution < -0.4 is 10.6 Å². The average molecular weight is 470 g/mol. The molecule has 0 bridgehead atoms. The van der Waals surface area contributed by atoms with E-state index in [9.17, 15) is 27.6 Å². The third kappa shape index (κ3) is 3.92. The van der Waals surface area contributed by atoms with Gasteiger partial charge in [0.1, 0.15) is 17.9 Å². The number of aromatic nitrogens is 2. The van der Waals surface area contributed by atoms with E-state index in [4.69, 9.17) is 11.6 Å². The van der Waals surface area contributed by atoms with Crippen molar-refractivity contribution in [2.75, 3.05) is 11.9 Å². The summed E-state index contributed by atoms with van der Waals surface area (Å²) in [7, 11) is 0. The number of nitrogens with zero attached hydrogens (tertiary/aromatic N) is 3. The van der Waals surface area contributed by atoms with Crippen molar-refractivity contribution >= 4 is 35.3 Å². The Labute approximate surface area is 185 Å². The Morgan fingerprint density at radius 2 is 2.00 bits per heavy atom. The molecular formula is C20H19ClF3N5O3. The molecular weight excluding hydrogens is 451 g/mol. The fourth-order valence-electron chi connectivity index (χ4n) is 3.75. The quantitative estimate of drug-likeness (QED) is 0.655. The summed E-state index contributed by atoms with van der Waals surface area (Å²) in [5.74, 6) is -1.10. The number of hydrogen-bond acceptors (Lipinski definition) is 4. The van der Waals surface area contributed by atoms with E-state index >= 15 is 0 Å². The Balaban J connectivity index is 1.56. The number of alkyl halides is 3. The molecule has 2 aromatic rings. The number of carbonyl (C=O) groups is 3. The van der Waals surface area contributed by atoms with Crippen molar-refractivity contribution in [1.29, 1.82) is 0 Å². The number of halogens is 4. The maximum Gasteiger partial charge on any atom is 0.416 e. The second-order valence-corrected chi connectivity index (χ2v) is 8.50. The van der Waals surface area contributed by atoms with Gasteiger partial charge in [-0.05, 0) is 50.8 Å². The van der Waals surface area contributed by atoms with E-state index in [1.54, 1.807) is 13.8 Å². The molecule has 1 saturated heterocycles. The van der Waals surface area contributed by atoms with Crippen LogP contribution in [0.5, 0.6) is 0 Å². The second-order valence-electron chi connectivity index (χ2n) is 8.09. The third-order valence-electron chi connectivity index (χ3n) is 5.60. The van der Waals surface area contributed by atoms with Gasteiger partial charge in [0.05, 0.1) is 22.0 Å². The summed E-state index contributed by atoms with van der Waals surface area (Å²) < 4.78 is 40.5. The van der Waals surface area contributed by atoms with E-state index in [1.165, 1.54) is 6.07 Å². The molecule has 2 fully saturated rings. The molecule has 1 aromatic heterocycles. The summed E-state index contributed by atoms with van der Waals surface area (Å²) in [6, 6.07) is 3.53. The highest BCUT2D eigenvalue weighted by Gasteiger charge is 2.56. The molecule has 2 N–H and O–H groups in total. The van der Waals surface area contributed by atoms with Gasteiger partial charge in [0.15, 0.2) is 0 Å². The lowest BCUT2D eigenvalue weighted by molar-refractivity contribution is -0.137. The molecule has 2 aliphatic rings. The molecule has 4 rings (SSSR count). The standard InChI is InChI=1S/C20H19ClF3N5O3/c1-10-7-15(29(27-10)14-8-12(20(22,23)24)5-6-13(14)21)25-16(30)9-28-17(31)19(2,11-3-4-11)26-18(28)32/h5-8,11H,3-4,9H2,1-2H3,(H,25,30)(H,26,32). The van der Waals surface area contributed by atoms with Gasteiger partial charge in [-0.25, -0.2) is 9.48 Å². The number of urea groups is 1. The van der Waals surface area contributed by atoms with Crippen LogP contribution in [0.25, 0.3) is 5.69 Å². The Kier molecular flexibility index (Phi) is 5.19. The number of nitrogens with one attached hydrogen (secondary N) is 2. The minimum atomic E-state index is -4.59. The molecule has 1 aromatic carbocycles. The molecule has 12 heteroatoms. The first-order chi connectivity index (χ1) is 14.9. The van der Waals surface area contributed by atoms with Gasteiger partial charge in [0, 0.05) is 6.07 Å². The summed E-state index contributed by atoms with van der Waals surface area (Å²) >= 11 is 6.09. The zero-order valence-electron chi connectivity index (χ0n) is 17.1. The van der Waals surface area contributed by atoms with Crippen molar-refractivity contribution in [3.05, 3.63) is 40.5 Å². The zero-order chi connectivity index (χ0) is 23.4. The lowest BCUT2D eigenvalue weighted by Crippen LogP contribution is -2.46. The van der Waals surface area contributed by atoms with Gasteiger partial charge in [0.25, 0.3) is 5.91 Å². The SMILES string of the molecule is Cc1cc(NC(=O)CN2C(=O)NC(C)(C3CC3)C2=O)n(-c2cc(C(F)(F)F)ccc2Cl)n1. The maximum absolute atomic E-state index is 13.1. The summed E-state index contributed by atoms with van der Waals surface area (Å²) in [4.78, 5) is 38.4. The van der Waals surface area contributed by atoms with Gasteiger partial charge in [-0.15, -0.1) is 0 Å². The molecule has 0 spiro atoms. The number of carbonyl (C=O) groups excluding carboxylic acids is 3. The van der Waals surface area contributed by atoms with Crippen molar-refractivity contribution in [1.82, 2.24) is 20.0 Å². The van der Waals surface area contributed by atoms with Gasteiger partial charge in [-0.2, -0.15) is 18.3 Å². The summed E-state index contributed by atoms with van der Waals surface area (Å²) in [5, 5.41) is 9.27. The van der Waals surface area contributed by atoms with E-state index in [2.05, 4.69) is 15.7 Å². The topological polar surface area (TPSA) is 96.3 Å². The fourth-order valence-corrected chi connectivity index (χ4v) is 3.94. The summed E-state index contributed by atoms with van der Waals surface area (Å²) in [5.41, 5.74) is -1.63. The van der Waals surface area contributed by atoms with Crippen LogP contribution >= 0.6 is 11.6 Å². The number of amides is 4. The predicted octanol–water partition coefficient (Wildman–Crippen LogP) is 3.51. The minimum Gasteiger partial charge on any atom is -0.323 e. The first-order valence-electron chi connectivity index (χ1n) is 9.78. The molecule has 4 amide bonds. The maximum atomic E-state index is 13.1. The molecule has 1 saturated carbocycles. The van der Waals surface area contributed by atoms with Gasteiger partial charge >= 0.3 is 12.2 Å². The molecule has 2 heterocycles. The zero-order valence-corrected chi connectivity index (χ0v) is 17.8. The van der Waals surface area contributed by atoms with Crippen LogP contribution in [-0.2, 0) is 15.8 Å². The Morgan fingerprint density at radius 3 is 2.62 bits per heavy atom. The third-order valence-corrected chi connectivity index (χ3v) is 5.92. The number of anilines is 1. The molecule has 1 unspecified atom stereocenters. The predicted molar refractivity (Wildman–Crippen MR) is 108 cm³/mol. The van der Waals surface area contributed by atoms with Gasteiger partial charge in [0.2, 0.25) is 5.91 Å². The van der Waals surface area contributed by atoms with Crippen LogP contribution in [0.4, 0.5) is 23.8 Å². The van der Waals surface area contributed by atoms with Crippen molar-refractivity contribution < 1.29 is 27.6 Å². The van der Waals surface area contributed by atoms with Crippen molar-refractivity contribution in [3.63, 3.8) is 0 Å². The summed E-state index contributed by atoms with van der Waals surface area (Å²) in [6.45, 7) is 2.68. The largest absolute Gasteiger partial charge is 0.416 e. The number of hydrogen-bond donors (Lipinski definition) is 2. The van der Waals surface area contributed by atoms with Crippen LogP contribution in [0.15, 0.2) is 24.3 Å². The highest BCUT2D eigenvalue weighted by molar-refractivity contribution is 6.32. The van der Waals surface area contributed by atoms with E-state index in [0.29, 0.717) is 5.69 Å². The lowest BCUT2D eigenvalue weighted by Gasteiger charge is -2.20. The minimum absolute atomic E-state index is 0.00843. The molecule has 8 nitrogen and oxygen atoms in total. The number of benzene rings is 1. The monoisotopic (exact) mass is 469 g/mol. The van der Waals surface area contributed by atoms with Crippen LogP contribution in [-0.4, -0.2) is 44.6 Å². The Hall–Kier alpha value is -3.08. The highest BCUT2D eigenvalue weighted by atomic mass is 35.5. The van der Waals surface area contributed by atoms with Crippen LogP contribution in [0.2, 0.25) is 5.02 Å². The second kappa shape index (κ2) is 7.51. The normalized spacial score (nSPS) is 21.1. The van der Waals surface area contributed by atoms with Crippen LogP contribution in [0.3, 0.4) is 0 Å². The van der Waals surface area contributed by atoms with E-state index in [0.717, 1.165) is 40.6 Å². The number of aryl methyl sites for hydroxylation is 1. The highest BCUT2D eigenvalue weighted by Crippen LogP contribution is 2.42. The Bertz CT molecular complexity index is 1130. The smallest absolute Gasteiger partial charge is 0.323 e. The molecule has 1 aliphatic heterocycles. The molecule has 1 aliphatic carbocycles. The first kappa shape index (κ1) is 22.1. The van der Waals surface area contributed by atoms with Crippen molar-refractivity contribution in [3.8, 4) is 5.69 Å². The Morgan fingerprint density at radius 1 is 1.31 bits per heavy atom. The van der Waals surface area contributed by atoms with Crippen LogP contribution in [0, 0.1) is 12.8 Å². The van der Waals surface area contributed by atoms with E-state index < -0.39 is 41.7 Å². The molecule has 170 valence electrons. The number of rotatable bonds is 5. The van der Waals surface area contributed by atoms with E-state index in [1.807, 2.05) is 0 Å². The van der Waals surface area contributed by atoms with E-state index in [-0.39, 0.29) is 22.4 Å². The number of imide groups is 1. The molecule has 1 atom stereocenters. The van der Waals surface area contributed by atoms with Gasteiger partial charge in [-0.1, -0.05) is 11.6 Å².